The molecule has 3 aromatic rings. The zero-order valence-electron chi connectivity index (χ0n) is 11.1. The van der Waals surface area contributed by atoms with E-state index in [4.69, 9.17) is 5.11 Å². The van der Waals surface area contributed by atoms with E-state index >= 15 is 0 Å². The molecule has 0 fully saturated rings. The number of nitrogens with zero attached hydrogens (tertiary/aromatic N) is 3. The topological polar surface area (TPSA) is 76.0 Å². The summed E-state index contributed by atoms with van der Waals surface area (Å²) in [6.07, 6.45) is 5.01. The van der Waals surface area contributed by atoms with Gasteiger partial charge in [0, 0.05) is 17.1 Å². The predicted molar refractivity (Wildman–Crippen MR) is 77.1 cm³/mol. The molecule has 0 amide bonds. The molecule has 102 valence electrons. The lowest BCUT2D eigenvalue weighted by molar-refractivity contribution is 0.0697. The lowest BCUT2D eigenvalue weighted by Crippen LogP contribution is -2.08. The van der Waals surface area contributed by atoms with E-state index in [-0.39, 0.29) is 5.56 Å². The Bertz CT molecular complexity index is 890. The Hall–Kier alpha value is -2.82. The molecule has 5 heteroatoms. The number of rotatable bonds is 1. The Labute approximate surface area is 120 Å². The summed E-state index contributed by atoms with van der Waals surface area (Å²) < 4.78 is 0. The van der Waals surface area contributed by atoms with Crippen molar-refractivity contribution in [3.05, 3.63) is 53.5 Å². The van der Waals surface area contributed by atoms with E-state index in [9.17, 15) is 4.79 Å². The highest BCUT2D eigenvalue weighted by Gasteiger charge is 2.20. The van der Waals surface area contributed by atoms with Crippen molar-refractivity contribution in [1.29, 1.82) is 0 Å². The molecule has 2 heterocycles. The molecule has 0 bridgehead atoms. The quantitative estimate of drug-likeness (QED) is 0.739. The number of aromatic carboxylic acids is 1. The molecule has 0 spiro atoms. The molecule has 1 N–H and O–H groups in total. The molecule has 0 radical (unpaired) electrons. The summed E-state index contributed by atoms with van der Waals surface area (Å²) in [5.74, 6) is -0.923. The highest BCUT2D eigenvalue weighted by atomic mass is 16.4. The number of carboxylic acids is 1. The Morgan fingerprint density at radius 3 is 2.86 bits per heavy atom. The standard InChI is InChI=1S/C16H11N3O2/c20-16(21)11-4-2-9-1-3-10-5-12-7-17-8-18-15(12)19-14(10)13(9)6-11/h2,4-8H,1,3H2,(H,20,21). The molecule has 0 atom stereocenters. The second kappa shape index (κ2) is 4.34. The summed E-state index contributed by atoms with van der Waals surface area (Å²) in [6, 6.07) is 7.28. The first-order chi connectivity index (χ1) is 10.2. The van der Waals surface area contributed by atoms with Gasteiger partial charge in [0.15, 0.2) is 5.65 Å². The number of carbonyl (C=O) groups is 1. The van der Waals surface area contributed by atoms with E-state index in [0.29, 0.717) is 5.65 Å². The Morgan fingerprint density at radius 2 is 2.00 bits per heavy atom. The Kier molecular flexibility index (Phi) is 2.47. The summed E-state index contributed by atoms with van der Waals surface area (Å²) >= 11 is 0. The van der Waals surface area contributed by atoms with E-state index in [1.807, 2.05) is 12.1 Å². The van der Waals surface area contributed by atoms with Crippen LogP contribution in [0.2, 0.25) is 0 Å². The number of aromatic nitrogens is 3. The Balaban J connectivity index is 2.00. The molecule has 1 aliphatic rings. The number of fused-ring (bicyclic) bond motifs is 4. The van der Waals surface area contributed by atoms with E-state index < -0.39 is 5.97 Å². The second-order valence-corrected chi connectivity index (χ2v) is 5.11. The fourth-order valence-electron chi connectivity index (χ4n) is 2.80. The van der Waals surface area contributed by atoms with Gasteiger partial charge < -0.3 is 5.11 Å². The van der Waals surface area contributed by atoms with Gasteiger partial charge in [-0.3, -0.25) is 0 Å². The van der Waals surface area contributed by atoms with Gasteiger partial charge >= 0.3 is 5.97 Å². The van der Waals surface area contributed by atoms with Crippen molar-refractivity contribution in [3.8, 4) is 11.3 Å². The van der Waals surface area contributed by atoms with Crippen LogP contribution in [0.1, 0.15) is 21.5 Å². The van der Waals surface area contributed by atoms with Gasteiger partial charge in [-0.1, -0.05) is 6.07 Å². The van der Waals surface area contributed by atoms with Crippen molar-refractivity contribution in [2.75, 3.05) is 0 Å². The van der Waals surface area contributed by atoms with Crippen molar-refractivity contribution >= 4 is 17.0 Å². The fraction of sp³-hybridized carbons (Fsp3) is 0.125. The average molecular weight is 277 g/mol. The first-order valence-electron chi connectivity index (χ1n) is 6.68. The number of carboxylic acid groups (broad SMARTS) is 1. The molecule has 5 nitrogen and oxygen atoms in total. The minimum atomic E-state index is -0.923. The van der Waals surface area contributed by atoms with E-state index in [1.54, 1.807) is 18.3 Å². The summed E-state index contributed by atoms with van der Waals surface area (Å²) in [7, 11) is 0. The van der Waals surface area contributed by atoms with Gasteiger partial charge in [0.25, 0.3) is 0 Å². The van der Waals surface area contributed by atoms with Gasteiger partial charge in [0.1, 0.15) is 6.33 Å². The molecule has 0 saturated carbocycles. The van der Waals surface area contributed by atoms with Gasteiger partial charge in [0.05, 0.1) is 11.3 Å². The number of pyridine rings is 1. The third-order valence-corrected chi connectivity index (χ3v) is 3.85. The maximum Gasteiger partial charge on any atom is 0.335 e. The molecular formula is C16H11N3O2. The predicted octanol–water partition coefficient (Wildman–Crippen LogP) is 2.49. The van der Waals surface area contributed by atoms with Crippen molar-refractivity contribution in [3.63, 3.8) is 0 Å². The van der Waals surface area contributed by atoms with Crippen LogP contribution < -0.4 is 0 Å². The van der Waals surface area contributed by atoms with Crippen molar-refractivity contribution in [2.24, 2.45) is 0 Å². The van der Waals surface area contributed by atoms with Crippen LogP contribution in [-0.2, 0) is 12.8 Å². The van der Waals surface area contributed by atoms with Crippen LogP contribution in [0.15, 0.2) is 36.8 Å². The summed E-state index contributed by atoms with van der Waals surface area (Å²) in [6.45, 7) is 0. The maximum atomic E-state index is 11.2. The number of benzene rings is 1. The SMILES string of the molecule is O=C(O)c1ccc2c(c1)-c1nc3ncncc3cc1CC2. The lowest BCUT2D eigenvalue weighted by Gasteiger charge is -2.19. The smallest absolute Gasteiger partial charge is 0.335 e. The molecule has 1 aliphatic carbocycles. The van der Waals surface area contributed by atoms with Gasteiger partial charge in [-0.25, -0.2) is 19.7 Å². The number of aryl methyl sites for hydroxylation is 2. The van der Waals surface area contributed by atoms with Crippen LogP contribution in [-0.4, -0.2) is 26.0 Å². The van der Waals surface area contributed by atoms with Crippen LogP contribution in [0.5, 0.6) is 0 Å². The van der Waals surface area contributed by atoms with Gasteiger partial charge in [0.2, 0.25) is 0 Å². The third-order valence-electron chi connectivity index (χ3n) is 3.85. The van der Waals surface area contributed by atoms with Gasteiger partial charge in [-0.05, 0) is 42.2 Å². The molecule has 0 aliphatic heterocycles. The largest absolute Gasteiger partial charge is 0.478 e. The zero-order chi connectivity index (χ0) is 14.4. The molecular weight excluding hydrogens is 266 g/mol. The Morgan fingerprint density at radius 1 is 1.14 bits per heavy atom. The van der Waals surface area contributed by atoms with Gasteiger partial charge in [-0.15, -0.1) is 0 Å². The first-order valence-corrected chi connectivity index (χ1v) is 6.68. The number of hydrogen-bond acceptors (Lipinski definition) is 4. The van der Waals surface area contributed by atoms with Crippen molar-refractivity contribution < 1.29 is 9.90 Å². The molecule has 0 saturated heterocycles. The molecule has 4 rings (SSSR count). The van der Waals surface area contributed by atoms with Crippen LogP contribution in [0.4, 0.5) is 0 Å². The average Bonchev–Trinajstić information content (AvgIpc) is 2.52. The van der Waals surface area contributed by atoms with Crippen LogP contribution in [0, 0.1) is 0 Å². The first kappa shape index (κ1) is 12.0. The minimum absolute atomic E-state index is 0.284. The maximum absolute atomic E-state index is 11.2. The molecule has 21 heavy (non-hydrogen) atoms. The van der Waals surface area contributed by atoms with Crippen LogP contribution in [0.3, 0.4) is 0 Å². The minimum Gasteiger partial charge on any atom is -0.478 e. The van der Waals surface area contributed by atoms with E-state index in [2.05, 4.69) is 15.0 Å². The normalized spacial score (nSPS) is 12.8. The van der Waals surface area contributed by atoms with Crippen LogP contribution in [0.25, 0.3) is 22.3 Å². The monoisotopic (exact) mass is 277 g/mol. The van der Waals surface area contributed by atoms with E-state index in [0.717, 1.165) is 40.6 Å². The highest BCUT2D eigenvalue weighted by molar-refractivity contribution is 5.91. The second-order valence-electron chi connectivity index (χ2n) is 5.11. The summed E-state index contributed by atoms with van der Waals surface area (Å²) in [5.41, 5.74) is 4.91. The molecule has 2 aromatic heterocycles. The molecule has 0 unspecified atom stereocenters. The van der Waals surface area contributed by atoms with E-state index in [1.165, 1.54) is 6.33 Å². The summed E-state index contributed by atoms with van der Waals surface area (Å²) in [5, 5.41) is 10.1. The lowest BCUT2D eigenvalue weighted by atomic mass is 9.87. The van der Waals surface area contributed by atoms with Crippen LogP contribution >= 0.6 is 0 Å². The fourth-order valence-corrected chi connectivity index (χ4v) is 2.80. The molecule has 1 aromatic carbocycles. The van der Waals surface area contributed by atoms with Gasteiger partial charge in [-0.2, -0.15) is 0 Å². The highest BCUT2D eigenvalue weighted by Crippen LogP contribution is 2.34. The summed E-state index contributed by atoms with van der Waals surface area (Å²) in [4.78, 5) is 24.0. The third kappa shape index (κ3) is 1.86. The van der Waals surface area contributed by atoms with Crippen molar-refractivity contribution in [2.45, 2.75) is 12.8 Å². The number of hydrogen-bond donors (Lipinski definition) is 1. The van der Waals surface area contributed by atoms with Crippen molar-refractivity contribution in [1.82, 2.24) is 15.0 Å². The zero-order valence-corrected chi connectivity index (χ0v) is 11.1.